The average Bonchev–Trinajstić information content (AvgIpc) is 3.02. The molecule has 1 N–H and O–H groups in total. The smallest absolute Gasteiger partial charge is 0.224 e. The fourth-order valence-electron chi connectivity index (χ4n) is 2.46. The molecule has 1 amide bonds. The van der Waals surface area contributed by atoms with E-state index in [-0.39, 0.29) is 5.91 Å². The monoisotopic (exact) mass is 255 g/mol. The average molecular weight is 255 g/mol. The normalized spacial score (nSPS) is 13.3. The number of hydrogen-bond donors (Lipinski definition) is 1. The Bertz CT molecular complexity index is 598. The van der Waals surface area contributed by atoms with Crippen LogP contribution in [0.4, 0.5) is 5.69 Å². The van der Waals surface area contributed by atoms with Gasteiger partial charge in [0, 0.05) is 25.1 Å². The maximum atomic E-state index is 11.3. The van der Waals surface area contributed by atoms with E-state index in [1.165, 1.54) is 17.9 Å². The van der Waals surface area contributed by atoms with E-state index in [1.807, 2.05) is 37.4 Å². The van der Waals surface area contributed by atoms with Gasteiger partial charge in [-0.05, 0) is 24.1 Å². The molecule has 98 valence electrons. The number of aromatic nitrogens is 2. The topological polar surface area (TPSA) is 46.9 Å². The van der Waals surface area contributed by atoms with E-state index in [4.69, 9.17) is 0 Å². The zero-order chi connectivity index (χ0) is 13.2. The van der Waals surface area contributed by atoms with Crippen molar-refractivity contribution in [1.29, 1.82) is 0 Å². The molecule has 0 unspecified atom stereocenters. The van der Waals surface area contributed by atoms with E-state index >= 15 is 0 Å². The highest BCUT2D eigenvalue weighted by Crippen LogP contribution is 2.26. The van der Waals surface area contributed by atoms with E-state index in [0.717, 1.165) is 24.2 Å². The standard InChI is InChI=1S/C15H17N3O/c1-2-15(19)17-12-7-5-11(6-8-12)13-10-16-14-4-3-9-18(13)14/h5-8,10H,2-4,9H2,1H3,(H,17,19). The van der Waals surface area contributed by atoms with Crippen LogP contribution in [0, 0.1) is 0 Å². The summed E-state index contributed by atoms with van der Waals surface area (Å²) in [6.07, 6.45) is 4.69. The van der Waals surface area contributed by atoms with Crippen LogP contribution in [0.3, 0.4) is 0 Å². The molecule has 2 aromatic rings. The number of benzene rings is 1. The van der Waals surface area contributed by atoms with E-state index in [1.54, 1.807) is 0 Å². The van der Waals surface area contributed by atoms with Crippen molar-refractivity contribution in [3.8, 4) is 11.3 Å². The number of amides is 1. The Morgan fingerprint density at radius 1 is 1.37 bits per heavy atom. The second-order valence-corrected chi connectivity index (χ2v) is 4.79. The molecule has 0 saturated heterocycles. The van der Waals surface area contributed by atoms with Crippen molar-refractivity contribution in [2.24, 2.45) is 0 Å². The molecule has 0 fully saturated rings. The van der Waals surface area contributed by atoms with Gasteiger partial charge in [0.1, 0.15) is 5.82 Å². The number of nitrogens with zero attached hydrogens (tertiary/aromatic N) is 2. The lowest BCUT2D eigenvalue weighted by Crippen LogP contribution is -2.09. The fourth-order valence-corrected chi connectivity index (χ4v) is 2.46. The summed E-state index contributed by atoms with van der Waals surface area (Å²) in [7, 11) is 0. The Labute approximate surface area is 112 Å². The SMILES string of the molecule is CCC(=O)Nc1ccc(-c2cnc3n2CCC3)cc1. The van der Waals surface area contributed by atoms with Gasteiger partial charge in [0.15, 0.2) is 0 Å². The molecule has 4 heteroatoms. The summed E-state index contributed by atoms with van der Waals surface area (Å²) in [6.45, 7) is 2.90. The minimum absolute atomic E-state index is 0.0398. The van der Waals surface area contributed by atoms with Gasteiger partial charge >= 0.3 is 0 Å². The molecule has 1 aromatic carbocycles. The Hall–Kier alpha value is -2.10. The quantitative estimate of drug-likeness (QED) is 0.916. The Kier molecular flexibility index (Phi) is 3.07. The van der Waals surface area contributed by atoms with Gasteiger partial charge in [0.25, 0.3) is 0 Å². The molecule has 19 heavy (non-hydrogen) atoms. The van der Waals surface area contributed by atoms with Crippen molar-refractivity contribution in [2.45, 2.75) is 32.7 Å². The summed E-state index contributed by atoms with van der Waals surface area (Å²) in [4.78, 5) is 15.8. The number of carbonyl (C=O) groups is 1. The van der Waals surface area contributed by atoms with E-state index in [0.29, 0.717) is 6.42 Å². The summed E-state index contributed by atoms with van der Waals surface area (Å²) in [5, 5.41) is 2.86. The lowest BCUT2D eigenvalue weighted by atomic mass is 10.1. The minimum atomic E-state index is 0.0398. The van der Waals surface area contributed by atoms with E-state index in [9.17, 15) is 4.79 Å². The van der Waals surface area contributed by atoms with Crippen molar-refractivity contribution in [1.82, 2.24) is 9.55 Å². The molecular formula is C15H17N3O. The number of hydrogen-bond acceptors (Lipinski definition) is 2. The van der Waals surface area contributed by atoms with Gasteiger partial charge in [-0.2, -0.15) is 0 Å². The maximum Gasteiger partial charge on any atom is 0.224 e. The summed E-state index contributed by atoms with van der Waals surface area (Å²) in [6, 6.07) is 7.96. The molecule has 3 rings (SSSR count). The van der Waals surface area contributed by atoms with Gasteiger partial charge in [0.05, 0.1) is 11.9 Å². The third kappa shape index (κ3) is 2.26. The van der Waals surface area contributed by atoms with Gasteiger partial charge in [-0.1, -0.05) is 19.1 Å². The highest BCUT2D eigenvalue weighted by molar-refractivity contribution is 5.90. The van der Waals surface area contributed by atoms with Crippen molar-refractivity contribution >= 4 is 11.6 Å². The van der Waals surface area contributed by atoms with Gasteiger partial charge in [-0.25, -0.2) is 4.98 Å². The van der Waals surface area contributed by atoms with Gasteiger partial charge < -0.3 is 9.88 Å². The predicted octanol–water partition coefficient (Wildman–Crippen LogP) is 2.84. The second-order valence-electron chi connectivity index (χ2n) is 4.79. The molecule has 0 spiro atoms. The fraction of sp³-hybridized carbons (Fsp3) is 0.333. The number of fused-ring (bicyclic) bond motifs is 1. The molecule has 4 nitrogen and oxygen atoms in total. The number of aryl methyl sites for hydroxylation is 1. The van der Waals surface area contributed by atoms with Gasteiger partial charge in [-0.3, -0.25) is 4.79 Å². The highest BCUT2D eigenvalue weighted by Gasteiger charge is 2.16. The molecule has 0 aliphatic carbocycles. The Morgan fingerprint density at radius 2 is 2.16 bits per heavy atom. The number of anilines is 1. The molecular weight excluding hydrogens is 238 g/mol. The third-order valence-electron chi connectivity index (χ3n) is 3.51. The predicted molar refractivity (Wildman–Crippen MR) is 74.9 cm³/mol. The van der Waals surface area contributed by atoms with Crippen LogP contribution < -0.4 is 5.32 Å². The summed E-state index contributed by atoms with van der Waals surface area (Å²) in [5.74, 6) is 1.22. The molecule has 1 aliphatic heterocycles. The molecule has 0 bridgehead atoms. The van der Waals surface area contributed by atoms with Gasteiger partial charge in [0.2, 0.25) is 5.91 Å². The molecule has 1 aliphatic rings. The van der Waals surface area contributed by atoms with Crippen molar-refractivity contribution in [3.63, 3.8) is 0 Å². The molecule has 0 saturated carbocycles. The third-order valence-corrected chi connectivity index (χ3v) is 3.51. The molecule has 2 heterocycles. The summed E-state index contributed by atoms with van der Waals surface area (Å²) in [5.41, 5.74) is 3.16. The second kappa shape index (κ2) is 4.88. The number of rotatable bonds is 3. The van der Waals surface area contributed by atoms with Crippen LogP contribution in [-0.4, -0.2) is 15.5 Å². The lowest BCUT2D eigenvalue weighted by molar-refractivity contribution is -0.115. The van der Waals surface area contributed by atoms with Gasteiger partial charge in [-0.15, -0.1) is 0 Å². The van der Waals surface area contributed by atoms with Crippen LogP contribution in [0.2, 0.25) is 0 Å². The van der Waals surface area contributed by atoms with Crippen LogP contribution in [0.1, 0.15) is 25.6 Å². The first-order valence-electron chi connectivity index (χ1n) is 6.72. The van der Waals surface area contributed by atoms with Crippen molar-refractivity contribution in [3.05, 3.63) is 36.3 Å². The minimum Gasteiger partial charge on any atom is -0.328 e. The van der Waals surface area contributed by atoms with E-state index in [2.05, 4.69) is 14.9 Å². The Morgan fingerprint density at radius 3 is 2.89 bits per heavy atom. The Balaban J connectivity index is 1.84. The van der Waals surface area contributed by atoms with Crippen LogP contribution >= 0.6 is 0 Å². The largest absolute Gasteiger partial charge is 0.328 e. The zero-order valence-corrected chi connectivity index (χ0v) is 11.0. The summed E-state index contributed by atoms with van der Waals surface area (Å²) >= 11 is 0. The van der Waals surface area contributed by atoms with Crippen LogP contribution in [0.25, 0.3) is 11.3 Å². The zero-order valence-electron chi connectivity index (χ0n) is 11.0. The first-order chi connectivity index (χ1) is 9.28. The van der Waals surface area contributed by atoms with Crippen LogP contribution in [0.5, 0.6) is 0 Å². The molecule has 0 radical (unpaired) electrons. The molecule has 1 aromatic heterocycles. The highest BCUT2D eigenvalue weighted by atomic mass is 16.1. The first-order valence-corrected chi connectivity index (χ1v) is 6.72. The number of nitrogens with one attached hydrogen (secondary N) is 1. The number of carbonyl (C=O) groups excluding carboxylic acids is 1. The first kappa shape index (κ1) is 12.0. The maximum absolute atomic E-state index is 11.3. The van der Waals surface area contributed by atoms with Crippen LogP contribution in [0.15, 0.2) is 30.5 Å². The summed E-state index contributed by atoms with van der Waals surface area (Å²) < 4.78 is 2.28. The molecule has 0 atom stereocenters. The lowest BCUT2D eigenvalue weighted by Gasteiger charge is -2.07. The van der Waals surface area contributed by atoms with Crippen molar-refractivity contribution in [2.75, 3.05) is 5.32 Å². The van der Waals surface area contributed by atoms with Crippen LogP contribution in [-0.2, 0) is 17.8 Å². The number of imidazole rings is 1. The van der Waals surface area contributed by atoms with Crippen molar-refractivity contribution < 1.29 is 4.79 Å². The van der Waals surface area contributed by atoms with E-state index < -0.39 is 0 Å².